The highest BCUT2D eigenvalue weighted by molar-refractivity contribution is 7.85. The van der Waals surface area contributed by atoms with E-state index in [1.54, 1.807) is 55.6 Å². The van der Waals surface area contributed by atoms with Gasteiger partial charge < -0.3 is 14.8 Å². The zero-order valence-corrected chi connectivity index (χ0v) is 14.5. The van der Waals surface area contributed by atoms with E-state index in [1.165, 1.54) is 6.92 Å². The highest BCUT2D eigenvalue weighted by Crippen LogP contribution is 2.37. The Morgan fingerprint density at radius 3 is 2.44 bits per heavy atom. The molecule has 130 valence electrons. The van der Waals surface area contributed by atoms with Crippen LogP contribution in [0.15, 0.2) is 53.4 Å². The first-order valence-corrected chi connectivity index (χ1v) is 8.84. The molecule has 3 atom stereocenters. The van der Waals surface area contributed by atoms with Gasteiger partial charge in [0.05, 0.1) is 28.5 Å². The van der Waals surface area contributed by atoms with E-state index in [0.717, 1.165) is 0 Å². The van der Waals surface area contributed by atoms with E-state index in [-0.39, 0.29) is 0 Å². The summed E-state index contributed by atoms with van der Waals surface area (Å²) < 4.78 is 23.6. The van der Waals surface area contributed by atoms with E-state index >= 15 is 0 Å². The van der Waals surface area contributed by atoms with Gasteiger partial charge in [-0.25, -0.2) is 0 Å². The second kappa shape index (κ2) is 7.06. The van der Waals surface area contributed by atoms with Gasteiger partial charge in [0, 0.05) is 6.92 Å². The predicted molar refractivity (Wildman–Crippen MR) is 92.8 cm³/mol. The summed E-state index contributed by atoms with van der Waals surface area (Å²) in [5, 5.41) is 1.88. The molecular weight excluding hydrogens is 342 g/mol. The number of para-hydroxylation sites is 1. The van der Waals surface area contributed by atoms with Crippen molar-refractivity contribution in [2.45, 2.75) is 23.2 Å². The number of rotatable bonds is 3. The van der Waals surface area contributed by atoms with Gasteiger partial charge >= 0.3 is 5.97 Å². The lowest BCUT2D eigenvalue weighted by atomic mass is 10.1. The van der Waals surface area contributed by atoms with E-state index < -0.39 is 34.0 Å². The lowest BCUT2D eigenvalue weighted by Crippen LogP contribution is -2.36. The Morgan fingerprint density at radius 2 is 1.80 bits per heavy atom. The maximum Gasteiger partial charge on any atom is 0.303 e. The first-order valence-electron chi connectivity index (χ1n) is 7.63. The maximum atomic E-state index is 13.2. The van der Waals surface area contributed by atoms with Crippen molar-refractivity contribution in [3.8, 4) is 5.75 Å². The molecule has 2 aromatic carbocycles. The van der Waals surface area contributed by atoms with Crippen molar-refractivity contribution in [3.63, 3.8) is 0 Å². The monoisotopic (exact) mass is 359 g/mol. The van der Waals surface area contributed by atoms with E-state index in [9.17, 15) is 13.8 Å². The highest BCUT2D eigenvalue weighted by atomic mass is 32.2. The number of anilines is 1. The van der Waals surface area contributed by atoms with Crippen LogP contribution in [0, 0.1) is 0 Å². The van der Waals surface area contributed by atoms with Crippen molar-refractivity contribution < 1.29 is 23.3 Å². The van der Waals surface area contributed by atoms with Crippen molar-refractivity contribution in [1.82, 2.24) is 0 Å². The van der Waals surface area contributed by atoms with Crippen molar-refractivity contribution in [2.75, 3.05) is 12.4 Å². The second-order valence-corrected chi connectivity index (χ2v) is 7.05. The Bertz CT molecular complexity index is 834. The van der Waals surface area contributed by atoms with Gasteiger partial charge in [-0.2, -0.15) is 0 Å². The molecule has 0 aliphatic carbocycles. The van der Waals surface area contributed by atoms with Crippen LogP contribution >= 0.6 is 0 Å². The van der Waals surface area contributed by atoms with Crippen LogP contribution in [0.1, 0.15) is 17.7 Å². The van der Waals surface area contributed by atoms with Crippen molar-refractivity contribution in [2.24, 2.45) is 0 Å². The van der Waals surface area contributed by atoms with Crippen LogP contribution in [0.4, 0.5) is 5.69 Å². The molecule has 6 nitrogen and oxygen atoms in total. The number of benzene rings is 2. The van der Waals surface area contributed by atoms with Crippen molar-refractivity contribution in [3.05, 3.63) is 54.1 Å². The molecule has 2 aromatic rings. The van der Waals surface area contributed by atoms with Crippen LogP contribution in [-0.4, -0.2) is 29.3 Å². The molecule has 1 N–H and O–H groups in total. The number of hydrogen-bond acceptors (Lipinski definition) is 5. The molecule has 0 bridgehead atoms. The fraction of sp³-hybridized carbons (Fsp3) is 0.222. The van der Waals surface area contributed by atoms with Crippen molar-refractivity contribution >= 4 is 28.4 Å². The zero-order valence-electron chi connectivity index (χ0n) is 13.7. The summed E-state index contributed by atoms with van der Waals surface area (Å²) in [6.07, 6.45) is -1.20. The lowest BCUT2D eigenvalue weighted by molar-refractivity contribution is -0.152. The number of nitrogens with one attached hydrogen (secondary N) is 1. The summed E-state index contributed by atoms with van der Waals surface area (Å²) in [6.45, 7) is 1.22. The zero-order chi connectivity index (χ0) is 18.0. The molecule has 7 heteroatoms. The summed E-state index contributed by atoms with van der Waals surface area (Å²) in [7, 11) is -0.0526. The molecule has 0 fully saturated rings. The summed E-state index contributed by atoms with van der Waals surface area (Å²) in [6, 6.07) is 13.7. The molecule has 1 aliphatic heterocycles. The standard InChI is InChI=1S/C18H17NO5S/c1-11(20)24-16-17(12-7-9-13(23-2)10-8-12)25(22)15-6-4-3-5-14(15)19-18(16)21/h3-10,16-17H,1-2H3,(H,19,21)/t16-,17-,25?/m1/s1. The number of carbonyl (C=O) groups excluding carboxylic acids is 2. The minimum absolute atomic E-state index is 0.457. The van der Waals surface area contributed by atoms with Crippen LogP contribution in [0.25, 0.3) is 0 Å². The average Bonchev–Trinajstić information content (AvgIpc) is 2.70. The van der Waals surface area contributed by atoms with Gasteiger partial charge in [-0.15, -0.1) is 0 Å². The predicted octanol–water partition coefficient (Wildman–Crippen LogP) is 2.43. The number of esters is 1. The Labute approximate surface area is 147 Å². The number of methoxy groups -OCH3 is 1. The Morgan fingerprint density at radius 1 is 1.12 bits per heavy atom. The molecule has 0 spiro atoms. The Hall–Kier alpha value is -2.67. The number of carbonyl (C=O) groups is 2. The number of ether oxygens (including phenoxy) is 2. The SMILES string of the molecule is COc1ccc([C@@H]2[C@@H](OC(C)=O)C(=O)Nc3ccccc3S2=O)cc1. The van der Waals surface area contributed by atoms with Gasteiger partial charge in [-0.1, -0.05) is 24.3 Å². The fourth-order valence-corrected chi connectivity index (χ4v) is 4.35. The normalized spacial score (nSPS) is 22.3. The topological polar surface area (TPSA) is 81.7 Å². The summed E-state index contributed by atoms with van der Waals surface area (Å²) >= 11 is 0. The highest BCUT2D eigenvalue weighted by Gasteiger charge is 2.41. The maximum absolute atomic E-state index is 13.2. The van der Waals surface area contributed by atoms with Crippen LogP contribution in [0.3, 0.4) is 0 Å². The molecule has 1 aliphatic rings. The quantitative estimate of drug-likeness (QED) is 0.851. The minimum atomic E-state index is -1.60. The third kappa shape index (κ3) is 3.41. The third-order valence-electron chi connectivity index (χ3n) is 3.86. The molecule has 1 amide bonds. The van der Waals surface area contributed by atoms with Crippen LogP contribution in [-0.2, 0) is 25.1 Å². The van der Waals surface area contributed by atoms with E-state index in [4.69, 9.17) is 9.47 Å². The molecule has 0 aromatic heterocycles. The molecule has 0 saturated heterocycles. The van der Waals surface area contributed by atoms with E-state index in [1.807, 2.05) is 0 Å². The van der Waals surface area contributed by atoms with Crippen LogP contribution in [0.5, 0.6) is 5.75 Å². The summed E-state index contributed by atoms with van der Waals surface area (Å²) in [5.74, 6) is -0.479. The molecule has 1 unspecified atom stereocenters. The molecule has 3 rings (SSSR count). The van der Waals surface area contributed by atoms with Gasteiger partial charge in [-0.05, 0) is 29.8 Å². The van der Waals surface area contributed by atoms with E-state index in [0.29, 0.717) is 21.9 Å². The van der Waals surface area contributed by atoms with E-state index in [2.05, 4.69) is 5.32 Å². The fourth-order valence-electron chi connectivity index (χ4n) is 2.72. The van der Waals surface area contributed by atoms with Crippen LogP contribution in [0.2, 0.25) is 0 Å². The number of hydrogen-bond donors (Lipinski definition) is 1. The van der Waals surface area contributed by atoms with Crippen LogP contribution < -0.4 is 10.1 Å². The smallest absolute Gasteiger partial charge is 0.303 e. The molecule has 0 saturated carbocycles. The molecular formula is C18H17NO5S. The van der Waals surface area contributed by atoms with Gasteiger partial charge in [0.2, 0.25) is 0 Å². The molecule has 1 heterocycles. The van der Waals surface area contributed by atoms with Crippen molar-refractivity contribution in [1.29, 1.82) is 0 Å². The third-order valence-corrected chi connectivity index (χ3v) is 5.63. The van der Waals surface area contributed by atoms with Gasteiger partial charge in [0.25, 0.3) is 5.91 Å². The Kier molecular flexibility index (Phi) is 4.85. The summed E-state index contributed by atoms with van der Waals surface area (Å²) in [4.78, 5) is 24.6. The molecule has 25 heavy (non-hydrogen) atoms. The lowest BCUT2D eigenvalue weighted by Gasteiger charge is -2.23. The van der Waals surface area contributed by atoms with Gasteiger partial charge in [0.15, 0.2) is 6.10 Å². The number of fused-ring (bicyclic) bond motifs is 1. The number of amides is 1. The molecule has 0 radical (unpaired) electrons. The first-order chi connectivity index (χ1) is 12.0. The first kappa shape index (κ1) is 17.2. The van der Waals surface area contributed by atoms with Gasteiger partial charge in [-0.3, -0.25) is 13.8 Å². The minimum Gasteiger partial charge on any atom is -0.497 e. The summed E-state index contributed by atoms with van der Waals surface area (Å²) in [5.41, 5.74) is 1.08. The van der Waals surface area contributed by atoms with Gasteiger partial charge in [0.1, 0.15) is 11.0 Å². The second-order valence-electron chi connectivity index (χ2n) is 5.51. The average molecular weight is 359 g/mol. The largest absolute Gasteiger partial charge is 0.497 e. The Balaban J connectivity index is 2.12.